The lowest BCUT2D eigenvalue weighted by atomic mass is 10.2. The highest BCUT2D eigenvalue weighted by molar-refractivity contribution is 7.46. The van der Waals surface area contributed by atoms with Gasteiger partial charge in [0.25, 0.3) is 0 Å². The number of aliphatic hydroxyl groups is 3. The summed E-state index contributed by atoms with van der Waals surface area (Å²) in [7, 11) is -6.40. The predicted octanol–water partition coefficient (Wildman–Crippen LogP) is -1.94. The smallest absolute Gasteiger partial charge is 0.323 e. The molecule has 0 spiro atoms. The third-order valence-corrected chi connectivity index (χ3v) is 2.54. The molecule has 0 aromatic rings. The van der Waals surface area contributed by atoms with Crippen LogP contribution >= 0.6 is 16.5 Å². The third kappa shape index (κ3) is 13.9. The van der Waals surface area contributed by atoms with Gasteiger partial charge in [-0.2, -0.15) is 0 Å². The van der Waals surface area contributed by atoms with E-state index in [0.29, 0.717) is 6.29 Å². The van der Waals surface area contributed by atoms with Crippen molar-refractivity contribution in [2.24, 2.45) is 0 Å². The predicted molar refractivity (Wildman–Crippen MR) is 53.3 cm³/mol. The van der Waals surface area contributed by atoms with Crippen molar-refractivity contribution in [2.75, 3.05) is 6.61 Å². The highest BCUT2D eigenvalue weighted by atomic mass is 31.2. The second kappa shape index (κ2) is 11.4. The van der Waals surface area contributed by atoms with E-state index in [9.17, 15) is 13.9 Å². The van der Waals surface area contributed by atoms with Gasteiger partial charge in [0.1, 0.15) is 12.4 Å². The Bertz CT molecular complexity index is 220. The lowest BCUT2D eigenvalue weighted by Gasteiger charge is -2.11. The second-order valence-electron chi connectivity index (χ2n) is 2.35. The molecule has 0 radical (unpaired) electrons. The van der Waals surface area contributed by atoms with Gasteiger partial charge >= 0.3 is 16.5 Å². The molecule has 11 heteroatoms. The van der Waals surface area contributed by atoms with Crippen molar-refractivity contribution < 1.29 is 43.3 Å². The number of hydrogen-bond acceptors (Lipinski definition) is 7. The molecule has 0 bridgehead atoms. The normalized spacial score (nSPS) is 17.6. The van der Waals surface area contributed by atoms with Crippen molar-refractivity contribution in [1.82, 2.24) is 0 Å². The molecule has 0 aliphatic carbocycles. The summed E-state index contributed by atoms with van der Waals surface area (Å²) < 4.78 is 22.3. The molecule has 0 fully saturated rings. The van der Waals surface area contributed by atoms with Gasteiger partial charge in [0, 0.05) is 6.42 Å². The van der Waals surface area contributed by atoms with E-state index in [-0.39, 0.29) is 6.42 Å². The molecule has 4 atom stereocenters. The number of aliphatic hydroxyl groups excluding tert-OH is 3. The Morgan fingerprint density at radius 1 is 1.12 bits per heavy atom. The SMILES string of the molecule is O=CCC(O)C(O)CO.O=[PH](O)O[PH](=O)O. The molecule has 0 aliphatic heterocycles. The Kier molecular flexibility index (Phi) is 13.0. The second-order valence-corrected chi connectivity index (χ2v) is 4.23. The van der Waals surface area contributed by atoms with E-state index in [2.05, 4.69) is 4.31 Å². The first kappa shape index (κ1) is 18.3. The molecular weight excluding hydrogens is 266 g/mol. The van der Waals surface area contributed by atoms with Gasteiger partial charge in [0.2, 0.25) is 0 Å². The quantitative estimate of drug-likeness (QED) is 0.275. The number of carbonyl (C=O) groups is 1. The maximum absolute atomic E-state index is 9.68. The number of carbonyl (C=O) groups excluding carboxylic acids is 1. The zero-order valence-electron chi connectivity index (χ0n) is 8.02. The van der Waals surface area contributed by atoms with Crippen LogP contribution in [0.2, 0.25) is 0 Å². The van der Waals surface area contributed by atoms with Gasteiger partial charge < -0.3 is 29.9 Å². The van der Waals surface area contributed by atoms with Crippen molar-refractivity contribution >= 4 is 22.8 Å². The standard InChI is InChI=1S/C5H10O4.H4O5P2/c6-2-1-4(8)5(9)3-7;1-6(2)5-7(3)4/h2,4-5,7-9H,1,3H2;6-7H,(H,1,2)(H,3,4). The third-order valence-electron chi connectivity index (χ3n) is 1.14. The van der Waals surface area contributed by atoms with Crippen molar-refractivity contribution in [2.45, 2.75) is 18.6 Å². The zero-order chi connectivity index (χ0) is 13.1. The van der Waals surface area contributed by atoms with Crippen LogP contribution in [0.25, 0.3) is 0 Å². The largest absolute Gasteiger partial charge is 0.394 e. The topological polar surface area (TPSA) is 162 Å². The number of hydrogen-bond donors (Lipinski definition) is 5. The lowest BCUT2D eigenvalue weighted by molar-refractivity contribution is -0.111. The fourth-order valence-electron chi connectivity index (χ4n) is 0.452. The molecule has 0 saturated heterocycles. The van der Waals surface area contributed by atoms with Crippen LogP contribution < -0.4 is 0 Å². The maximum atomic E-state index is 9.68. The van der Waals surface area contributed by atoms with Crippen LogP contribution in [0.3, 0.4) is 0 Å². The van der Waals surface area contributed by atoms with E-state index >= 15 is 0 Å². The molecule has 4 unspecified atom stereocenters. The highest BCUT2D eigenvalue weighted by Crippen LogP contribution is 2.30. The maximum Gasteiger partial charge on any atom is 0.323 e. The van der Waals surface area contributed by atoms with Crippen molar-refractivity contribution in [1.29, 1.82) is 0 Å². The molecule has 16 heavy (non-hydrogen) atoms. The minimum Gasteiger partial charge on any atom is -0.394 e. The fraction of sp³-hybridized carbons (Fsp3) is 0.800. The summed E-state index contributed by atoms with van der Waals surface area (Å²) in [5.74, 6) is 0. The van der Waals surface area contributed by atoms with Crippen molar-refractivity contribution in [3.8, 4) is 0 Å². The van der Waals surface area contributed by atoms with Crippen LogP contribution in [0.15, 0.2) is 0 Å². The van der Waals surface area contributed by atoms with Crippen molar-refractivity contribution in [3.05, 3.63) is 0 Å². The van der Waals surface area contributed by atoms with Crippen LogP contribution in [-0.2, 0) is 18.2 Å². The molecule has 0 rings (SSSR count). The summed E-state index contributed by atoms with van der Waals surface area (Å²) in [5, 5.41) is 25.5. The first-order valence-corrected chi connectivity index (χ1v) is 6.42. The van der Waals surface area contributed by atoms with Gasteiger partial charge in [-0.25, -0.2) is 4.31 Å². The zero-order valence-corrected chi connectivity index (χ0v) is 10.0. The van der Waals surface area contributed by atoms with Gasteiger partial charge in [0.15, 0.2) is 0 Å². The summed E-state index contributed by atoms with van der Waals surface area (Å²) in [5.41, 5.74) is 0. The van der Waals surface area contributed by atoms with E-state index in [4.69, 9.17) is 25.1 Å². The van der Waals surface area contributed by atoms with Gasteiger partial charge in [-0.05, 0) is 0 Å². The molecule has 5 N–H and O–H groups in total. The van der Waals surface area contributed by atoms with Crippen LogP contribution in [0.1, 0.15) is 6.42 Å². The first-order chi connectivity index (χ1) is 7.34. The van der Waals surface area contributed by atoms with Crippen molar-refractivity contribution in [3.63, 3.8) is 0 Å². The summed E-state index contributed by atoms with van der Waals surface area (Å²) in [6.45, 7) is -0.519. The highest BCUT2D eigenvalue weighted by Gasteiger charge is 2.13. The molecule has 9 nitrogen and oxygen atoms in total. The number of aldehydes is 1. The summed E-state index contributed by atoms with van der Waals surface area (Å²) in [6.07, 6.45) is -1.98. The van der Waals surface area contributed by atoms with Gasteiger partial charge in [-0.3, -0.25) is 9.13 Å². The minimum atomic E-state index is -3.20. The molecule has 0 heterocycles. The van der Waals surface area contributed by atoms with E-state index in [1.54, 1.807) is 0 Å². The minimum absolute atomic E-state index is 0.137. The average molecular weight is 280 g/mol. The van der Waals surface area contributed by atoms with Gasteiger partial charge in [0.05, 0.1) is 12.7 Å². The van der Waals surface area contributed by atoms with E-state index in [1.165, 1.54) is 0 Å². The molecule has 0 amide bonds. The average Bonchev–Trinajstić information content (AvgIpc) is 2.15. The fourth-order valence-corrected chi connectivity index (χ4v) is 1.05. The molecular formula is C5H14O9P2. The van der Waals surface area contributed by atoms with Gasteiger partial charge in [-0.1, -0.05) is 0 Å². The van der Waals surface area contributed by atoms with E-state index in [0.717, 1.165) is 0 Å². The Morgan fingerprint density at radius 2 is 1.56 bits per heavy atom. The Balaban J connectivity index is 0. The summed E-state index contributed by atoms with van der Waals surface area (Å²) in [4.78, 5) is 25.1. The molecule has 98 valence electrons. The lowest BCUT2D eigenvalue weighted by Crippen LogP contribution is -2.29. The summed E-state index contributed by atoms with van der Waals surface area (Å²) in [6, 6.07) is 0. The van der Waals surface area contributed by atoms with Crippen LogP contribution in [0.5, 0.6) is 0 Å². The Hall–Kier alpha value is -0.110. The van der Waals surface area contributed by atoms with E-state index < -0.39 is 35.3 Å². The molecule has 0 aromatic carbocycles. The molecule has 0 saturated carbocycles. The van der Waals surface area contributed by atoms with Crippen LogP contribution in [-0.4, -0.2) is 50.2 Å². The first-order valence-electron chi connectivity index (χ1n) is 3.89. The monoisotopic (exact) mass is 280 g/mol. The summed E-state index contributed by atoms with van der Waals surface area (Å²) >= 11 is 0. The van der Waals surface area contributed by atoms with Crippen LogP contribution in [0, 0.1) is 0 Å². The van der Waals surface area contributed by atoms with Gasteiger partial charge in [-0.15, -0.1) is 0 Å². The number of rotatable bonds is 6. The Morgan fingerprint density at radius 3 is 1.75 bits per heavy atom. The Labute approximate surface area is 92.2 Å². The molecule has 0 aromatic heterocycles. The van der Waals surface area contributed by atoms with E-state index in [1.807, 2.05) is 0 Å². The molecule has 0 aliphatic rings. The van der Waals surface area contributed by atoms with Crippen LogP contribution in [0.4, 0.5) is 0 Å².